The lowest BCUT2D eigenvalue weighted by Gasteiger charge is -2.19. The zero-order valence-corrected chi connectivity index (χ0v) is 52.5. The van der Waals surface area contributed by atoms with Gasteiger partial charge in [-0.1, -0.05) is 205 Å². The first kappa shape index (κ1) is 53.1. The van der Waals surface area contributed by atoms with Gasteiger partial charge in [0.1, 0.15) is 0 Å². The Morgan fingerprint density at radius 3 is 1.10 bits per heavy atom. The number of para-hydroxylation sites is 1. The monoisotopic (exact) mass is 1130 g/mol. The maximum atomic E-state index is 4.42. The molecule has 0 spiro atoms. The predicted molar refractivity (Wildman–Crippen MR) is 377 cm³/mol. The first-order valence-electron chi connectivity index (χ1n) is 31.2. The summed E-state index contributed by atoms with van der Waals surface area (Å²) in [5, 5.41) is 16.1. The molecule has 0 aliphatic heterocycles. The van der Waals surface area contributed by atoms with Crippen LogP contribution in [0.25, 0.3) is 155 Å². The molecule has 0 aliphatic rings. The minimum absolute atomic E-state index is 0.0189. The number of fused-ring (bicyclic) bond motifs is 15. The standard InChI is InChI=1S/C83H74N4/c1-15-25-66-56(16-2)62-44-54(84-68-36-32-50(80(3,4)5)40-58(68)59-41-51(81(6,7)8)33-37-69(59)84)46-64-74-73(49-28-21-18-22-29-49)79-75(72(48-26-19-17-20-27-48)78(74)86(66)76(62)64)65-47-55(45-63-57-30-23-24-31-67(57)87(79)77(63)65)85-70-38-34-52(82(9,10)11)42-60(70)61-43-53(83(12,13)14)35-39-71(61)85/h15-47H,1H2,2-14H3/b56-16-,66-25+. The molecule has 6 heterocycles. The predicted octanol–water partition coefficient (Wildman–Crippen LogP) is 21.3. The van der Waals surface area contributed by atoms with E-state index in [1.807, 2.05) is 6.08 Å². The molecule has 0 atom stereocenters. The Morgan fingerprint density at radius 2 is 0.701 bits per heavy atom. The molecule has 0 N–H and O–H groups in total. The van der Waals surface area contributed by atoms with E-state index in [1.54, 1.807) is 0 Å². The highest BCUT2D eigenvalue weighted by molar-refractivity contribution is 6.37. The van der Waals surface area contributed by atoms with E-state index in [0.717, 1.165) is 16.7 Å². The van der Waals surface area contributed by atoms with Crippen LogP contribution in [0.15, 0.2) is 195 Å². The van der Waals surface area contributed by atoms with Gasteiger partial charge < -0.3 is 17.9 Å². The van der Waals surface area contributed by atoms with Crippen molar-refractivity contribution in [2.75, 3.05) is 0 Å². The van der Waals surface area contributed by atoms with Crippen molar-refractivity contribution in [3.05, 3.63) is 227 Å². The fourth-order valence-electron chi connectivity index (χ4n) is 15.1. The highest BCUT2D eigenvalue weighted by Gasteiger charge is 2.33. The van der Waals surface area contributed by atoms with Gasteiger partial charge in [0.05, 0.1) is 55.0 Å². The second kappa shape index (κ2) is 18.1. The molecule has 87 heavy (non-hydrogen) atoms. The summed E-state index contributed by atoms with van der Waals surface area (Å²) >= 11 is 0. The number of aromatic nitrogens is 4. The third-order valence-corrected chi connectivity index (χ3v) is 19.5. The molecule has 0 saturated heterocycles. The lowest BCUT2D eigenvalue weighted by atomic mass is 9.85. The highest BCUT2D eigenvalue weighted by atomic mass is 15.0. The van der Waals surface area contributed by atoms with Crippen LogP contribution >= 0.6 is 0 Å². The van der Waals surface area contributed by atoms with Crippen LogP contribution in [0.3, 0.4) is 0 Å². The van der Waals surface area contributed by atoms with Crippen LogP contribution < -0.4 is 10.6 Å². The molecule has 0 aliphatic carbocycles. The molecule has 0 amide bonds. The Bertz CT molecular complexity index is 5580. The van der Waals surface area contributed by atoms with Gasteiger partial charge in [-0.3, -0.25) is 0 Å². The summed E-state index contributed by atoms with van der Waals surface area (Å²) in [4.78, 5) is 0. The van der Waals surface area contributed by atoms with E-state index in [9.17, 15) is 0 Å². The number of allylic oxidation sites excluding steroid dienone is 1. The summed E-state index contributed by atoms with van der Waals surface area (Å²) < 4.78 is 10.4. The van der Waals surface area contributed by atoms with Gasteiger partial charge in [-0.2, -0.15) is 0 Å². The van der Waals surface area contributed by atoms with Crippen molar-refractivity contribution in [1.29, 1.82) is 0 Å². The average Bonchev–Trinajstić information content (AvgIpc) is 1.87. The van der Waals surface area contributed by atoms with Crippen LogP contribution in [0, 0.1) is 0 Å². The quantitative estimate of drug-likeness (QED) is 0.164. The second-order valence-corrected chi connectivity index (χ2v) is 29.0. The molecule has 0 unspecified atom stereocenters. The minimum atomic E-state index is -0.0218. The highest BCUT2D eigenvalue weighted by Crippen LogP contribution is 2.54. The SMILES string of the molecule is C=C/C=c1\c(=C/C)c2cc(-n3c4ccc(C(C)(C)C)cc4c4cc(C(C)(C)C)ccc43)cc3c4c(-c5ccccc5)c5c(c(-c6ccccc6)c4n1c23)c1cc(-n2c3ccc(C(C)(C)C)cc3c3cc(C(C)(C)C)ccc32)cc2c3ccccc3n5c21. The fraction of sp³-hybridized carbons (Fsp3) is 0.205. The van der Waals surface area contributed by atoms with Crippen LogP contribution in [-0.2, 0) is 21.7 Å². The number of hydrogen-bond acceptors (Lipinski definition) is 0. The second-order valence-electron chi connectivity index (χ2n) is 29.0. The largest absolute Gasteiger partial charge is 0.309 e. The van der Waals surface area contributed by atoms with E-state index in [-0.39, 0.29) is 21.7 Å². The van der Waals surface area contributed by atoms with Crippen molar-refractivity contribution < 1.29 is 0 Å². The molecule has 426 valence electrons. The molecule has 6 aromatic heterocycles. The van der Waals surface area contributed by atoms with Crippen LogP contribution in [0.4, 0.5) is 0 Å². The van der Waals surface area contributed by atoms with Crippen molar-refractivity contribution in [1.82, 2.24) is 17.9 Å². The zero-order chi connectivity index (χ0) is 60.1. The van der Waals surface area contributed by atoms with E-state index in [0.29, 0.717) is 0 Å². The Kier molecular flexibility index (Phi) is 11.0. The van der Waals surface area contributed by atoms with Crippen molar-refractivity contribution in [3.8, 4) is 33.6 Å². The molecule has 10 aromatic carbocycles. The van der Waals surface area contributed by atoms with Gasteiger partial charge in [-0.05, 0) is 147 Å². The van der Waals surface area contributed by atoms with Gasteiger partial charge >= 0.3 is 0 Å². The summed E-state index contributed by atoms with van der Waals surface area (Å²) in [5.41, 5.74) is 23.2. The molecule has 4 heteroatoms. The van der Waals surface area contributed by atoms with Crippen molar-refractivity contribution in [3.63, 3.8) is 0 Å². The zero-order valence-electron chi connectivity index (χ0n) is 52.5. The molecule has 16 rings (SSSR count). The Balaban J connectivity index is 1.14. The van der Waals surface area contributed by atoms with Crippen LogP contribution in [0.2, 0.25) is 0 Å². The van der Waals surface area contributed by atoms with Crippen LogP contribution in [-0.4, -0.2) is 17.9 Å². The molecule has 0 radical (unpaired) electrons. The van der Waals surface area contributed by atoms with E-state index in [2.05, 4.69) is 309 Å². The van der Waals surface area contributed by atoms with Crippen molar-refractivity contribution >= 4 is 121 Å². The summed E-state index contributed by atoms with van der Waals surface area (Å²) in [6.07, 6.45) is 6.55. The smallest absolute Gasteiger partial charge is 0.0634 e. The first-order chi connectivity index (χ1) is 41.6. The van der Waals surface area contributed by atoms with Crippen molar-refractivity contribution in [2.24, 2.45) is 0 Å². The number of benzene rings is 10. The topological polar surface area (TPSA) is 18.7 Å². The van der Waals surface area contributed by atoms with Gasteiger partial charge in [-0.25, -0.2) is 0 Å². The molecule has 0 bridgehead atoms. The van der Waals surface area contributed by atoms with Gasteiger partial charge in [-0.15, -0.1) is 0 Å². The number of hydrogen-bond donors (Lipinski definition) is 0. The van der Waals surface area contributed by atoms with Crippen LogP contribution in [0.5, 0.6) is 0 Å². The third kappa shape index (κ3) is 7.49. The Hall–Kier alpha value is -9.38. The number of nitrogens with zero attached hydrogens (tertiary/aromatic N) is 4. The lowest BCUT2D eigenvalue weighted by Crippen LogP contribution is -2.25. The maximum Gasteiger partial charge on any atom is 0.0634 e. The van der Waals surface area contributed by atoms with Gasteiger partial charge in [0.25, 0.3) is 0 Å². The van der Waals surface area contributed by atoms with E-state index in [1.165, 1.54) is 159 Å². The number of rotatable bonds is 5. The Labute approximate surface area is 508 Å². The first-order valence-corrected chi connectivity index (χ1v) is 31.2. The van der Waals surface area contributed by atoms with Crippen LogP contribution in [0.1, 0.15) is 112 Å². The Morgan fingerprint density at radius 1 is 0.333 bits per heavy atom. The van der Waals surface area contributed by atoms with E-state index < -0.39 is 0 Å². The van der Waals surface area contributed by atoms with E-state index in [4.69, 9.17) is 0 Å². The van der Waals surface area contributed by atoms with E-state index >= 15 is 0 Å². The maximum absolute atomic E-state index is 4.42. The summed E-state index contributed by atoms with van der Waals surface area (Å²) in [6, 6.07) is 70.6. The van der Waals surface area contributed by atoms with Gasteiger partial charge in [0.2, 0.25) is 0 Å². The summed E-state index contributed by atoms with van der Waals surface area (Å²) in [5.74, 6) is 0. The third-order valence-electron chi connectivity index (χ3n) is 19.5. The van der Waals surface area contributed by atoms with Gasteiger partial charge in [0.15, 0.2) is 0 Å². The summed E-state index contributed by atoms with van der Waals surface area (Å²) in [7, 11) is 0. The average molecular weight is 1130 g/mol. The van der Waals surface area contributed by atoms with Crippen molar-refractivity contribution in [2.45, 2.75) is 112 Å². The minimum Gasteiger partial charge on any atom is -0.309 e. The molecule has 4 nitrogen and oxygen atoms in total. The molecule has 0 saturated carbocycles. The molecule has 0 fully saturated rings. The molecular weight excluding hydrogens is 1050 g/mol. The fourth-order valence-corrected chi connectivity index (χ4v) is 15.1. The normalized spacial score (nSPS) is 13.8. The summed E-state index contributed by atoms with van der Waals surface area (Å²) in [6.45, 7) is 34.5. The molecular formula is C83H74N4. The molecule has 16 aromatic rings. The van der Waals surface area contributed by atoms with Gasteiger partial charge in [0, 0.05) is 87.0 Å². The lowest BCUT2D eigenvalue weighted by molar-refractivity contribution is 0.590.